The smallest absolute Gasteiger partial charge is 0.282 e. The van der Waals surface area contributed by atoms with Crippen LogP contribution in [0.5, 0.6) is 11.5 Å². The molecule has 31 heavy (non-hydrogen) atoms. The van der Waals surface area contributed by atoms with Crippen molar-refractivity contribution in [1.82, 2.24) is 9.66 Å². The van der Waals surface area contributed by atoms with Crippen LogP contribution in [0.1, 0.15) is 37.6 Å². The van der Waals surface area contributed by atoms with E-state index in [1.54, 1.807) is 25.5 Å². The van der Waals surface area contributed by atoms with Gasteiger partial charge in [-0.15, -0.1) is 6.42 Å². The first-order valence-corrected chi connectivity index (χ1v) is 11.2. The van der Waals surface area contributed by atoms with Crippen LogP contribution in [-0.2, 0) is 0 Å². The maximum Gasteiger partial charge on any atom is 0.282 e. The minimum absolute atomic E-state index is 0.0344. The highest BCUT2D eigenvalue weighted by atomic mass is 79.9. The van der Waals surface area contributed by atoms with Crippen molar-refractivity contribution in [3.05, 3.63) is 61.0 Å². The molecule has 160 valence electrons. The molecule has 0 N–H and O–H groups in total. The van der Waals surface area contributed by atoms with Crippen LogP contribution in [-0.4, -0.2) is 29.6 Å². The lowest BCUT2D eigenvalue weighted by molar-refractivity contribution is 0.330. The number of rotatable bonds is 7. The Kier molecular flexibility index (Phi) is 7.52. The van der Waals surface area contributed by atoms with E-state index in [0.29, 0.717) is 33.8 Å². The lowest BCUT2D eigenvalue weighted by Crippen LogP contribution is -2.23. The fourth-order valence-corrected chi connectivity index (χ4v) is 3.82. The standard InChI is InChI=1S/C23H21Br2N3O3/c1-5-9-31-21-15(10-17(25)12-20(21)30-4)13-26-28-22(14(3)6-2)27-19-8-7-16(24)11-18(19)23(28)29/h1,7-8,10-14H,6,9H2,2-4H3/t14-/m0/s1. The van der Waals surface area contributed by atoms with Gasteiger partial charge in [0.1, 0.15) is 12.4 Å². The number of hydrogen-bond donors (Lipinski definition) is 0. The number of hydrogen-bond acceptors (Lipinski definition) is 5. The molecule has 1 atom stereocenters. The van der Waals surface area contributed by atoms with E-state index in [1.165, 1.54) is 4.68 Å². The number of methoxy groups -OCH3 is 1. The molecule has 3 aromatic rings. The second kappa shape index (κ2) is 10.1. The van der Waals surface area contributed by atoms with Gasteiger partial charge in [-0.05, 0) is 36.8 Å². The van der Waals surface area contributed by atoms with Gasteiger partial charge in [-0.2, -0.15) is 9.78 Å². The molecule has 0 unspecified atom stereocenters. The van der Waals surface area contributed by atoms with Gasteiger partial charge in [-0.25, -0.2) is 4.98 Å². The molecule has 1 heterocycles. The SMILES string of the molecule is C#CCOc1c(C=Nn2c([C@@H](C)CC)nc3ccc(Br)cc3c2=O)cc(Br)cc1OC. The number of halogens is 2. The highest BCUT2D eigenvalue weighted by Gasteiger charge is 2.17. The lowest BCUT2D eigenvalue weighted by Gasteiger charge is -2.15. The molecule has 0 amide bonds. The Morgan fingerprint density at radius 1 is 1.29 bits per heavy atom. The van der Waals surface area contributed by atoms with Gasteiger partial charge in [0.15, 0.2) is 11.5 Å². The van der Waals surface area contributed by atoms with Crippen LogP contribution < -0.4 is 15.0 Å². The van der Waals surface area contributed by atoms with Crippen molar-refractivity contribution in [3.8, 4) is 23.8 Å². The average molecular weight is 547 g/mol. The maximum atomic E-state index is 13.3. The second-order valence-electron chi connectivity index (χ2n) is 6.82. The van der Waals surface area contributed by atoms with Gasteiger partial charge < -0.3 is 9.47 Å². The first kappa shape index (κ1) is 23.0. The third-order valence-corrected chi connectivity index (χ3v) is 5.72. The predicted octanol–water partition coefficient (Wildman–Crippen LogP) is 5.34. The van der Waals surface area contributed by atoms with Crippen LogP contribution in [0, 0.1) is 12.3 Å². The molecular formula is C23H21Br2N3O3. The molecule has 2 aromatic carbocycles. The lowest BCUT2D eigenvalue weighted by atomic mass is 10.1. The van der Waals surface area contributed by atoms with Crippen molar-refractivity contribution >= 4 is 49.0 Å². The van der Waals surface area contributed by atoms with E-state index in [0.717, 1.165) is 15.4 Å². The van der Waals surface area contributed by atoms with Crippen LogP contribution in [0.25, 0.3) is 10.9 Å². The zero-order valence-electron chi connectivity index (χ0n) is 17.4. The summed E-state index contributed by atoms with van der Waals surface area (Å²) in [5.74, 6) is 4.02. The van der Waals surface area contributed by atoms with E-state index in [4.69, 9.17) is 20.9 Å². The first-order valence-electron chi connectivity index (χ1n) is 9.59. The van der Waals surface area contributed by atoms with Crippen LogP contribution >= 0.6 is 31.9 Å². The van der Waals surface area contributed by atoms with E-state index in [2.05, 4.69) is 42.9 Å². The molecule has 0 saturated carbocycles. The Balaban J connectivity index is 2.21. The summed E-state index contributed by atoms with van der Waals surface area (Å²) in [6.07, 6.45) is 7.71. The van der Waals surface area contributed by atoms with Gasteiger partial charge in [0.2, 0.25) is 0 Å². The summed E-state index contributed by atoms with van der Waals surface area (Å²) in [6, 6.07) is 9.03. The third kappa shape index (κ3) is 5.00. The molecule has 6 nitrogen and oxygen atoms in total. The van der Waals surface area contributed by atoms with Gasteiger partial charge in [0.25, 0.3) is 5.56 Å². The fraction of sp³-hybridized carbons (Fsp3) is 0.261. The van der Waals surface area contributed by atoms with Crippen LogP contribution in [0.3, 0.4) is 0 Å². The van der Waals surface area contributed by atoms with E-state index < -0.39 is 0 Å². The van der Waals surface area contributed by atoms with E-state index >= 15 is 0 Å². The number of fused-ring (bicyclic) bond motifs is 1. The predicted molar refractivity (Wildman–Crippen MR) is 130 cm³/mol. The summed E-state index contributed by atoms with van der Waals surface area (Å²) in [5, 5.41) is 4.98. The first-order chi connectivity index (χ1) is 14.9. The van der Waals surface area contributed by atoms with Crippen molar-refractivity contribution < 1.29 is 9.47 Å². The van der Waals surface area contributed by atoms with Crippen molar-refractivity contribution in [2.24, 2.45) is 5.10 Å². The molecule has 0 radical (unpaired) electrons. The monoisotopic (exact) mass is 545 g/mol. The number of terminal acetylenes is 1. The zero-order valence-corrected chi connectivity index (χ0v) is 20.5. The minimum atomic E-state index is -0.245. The molecule has 0 spiro atoms. The van der Waals surface area contributed by atoms with Gasteiger partial charge in [0.05, 0.1) is 24.2 Å². The molecule has 3 rings (SSSR count). The van der Waals surface area contributed by atoms with Crippen molar-refractivity contribution in [2.75, 3.05) is 13.7 Å². The molecule has 0 saturated heterocycles. The van der Waals surface area contributed by atoms with E-state index in [-0.39, 0.29) is 18.1 Å². The Labute approximate surface area is 197 Å². The number of benzene rings is 2. The number of nitrogens with zero attached hydrogens (tertiary/aromatic N) is 3. The van der Waals surface area contributed by atoms with Crippen molar-refractivity contribution in [3.63, 3.8) is 0 Å². The summed E-state index contributed by atoms with van der Waals surface area (Å²) in [5.41, 5.74) is 1.00. The van der Waals surface area contributed by atoms with Crippen molar-refractivity contribution in [2.45, 2.75) is 26.2 Å². The Morgan fingerprint density at radius 2 is 2.06 bits per heavy atom. The zero-order chi connectivity index (χ0) is 22.5. The Hall–Kier alpha value is -2.63. The highest BCUT2D eigenvalue weighted by Crippen LogP contribution is 2.34. The molecular weight excluding hydrogens is 526 g/mol. The molecule has 8 heteroatoms. The molecule has 0 aliphatic heterocycles. The maximum absolute atomic E-state index is 13.3. The van der Waals surface area contributed by atoms with Gasteiger partial charge >= 0.3 is 0 Å². The van der Waals surface area contributed by atoms with Gasteiger partial charge in [0, 0.05) is 20.4 Å². The molecule has 0 fully saturated rings. The normalized spacial score (nSPS) is 12.1. The Bertz CT molecular complexity index is 1250. The van der Waals surface area contributed by atoms with Crippen LogP contribution in [0.4, 0.5) is 0 Å². The average Bonchev–Trinajstić information content (AvgIpc) is 2.76. The summed E-state index contributed by atoms with van der Waals surface area (Å²) >= 11 is 6.88. The molecule has 0 bridgehead atoms. The van der Waals surface area contributed by atoms with Crippen LogP contribution in [0.2, 0.25) is 0 Å². The topological polar surface area (TPSA) is 65.7 Å². The van der Waals surface area contributed by atoms with Crippen molar-refractivity contribution in [1.29, 1.82) is 0 Å². The summed E-state index contributed by atoms with van der Waals surface area (Å²) in [7, 11) is 1.54. The molecule has 1 aromatic heterocycles. The van der Waals surface area contributed by atoms with E-state index in [1.807, 2.05) is 32.0 Å². The van der Waals surface area contributed by atoms with Gasteiger partial charge in [-0.1, -0.05) is 51.6 Å². The number of aromatic nitrogens is 2. The Morgan fingerprint density at radius 3 is 2.74 bits per heavy atom. The fourth-order valence-electron chi connectivity index (χ4n) is 3.00. The quantitative estimate of drug-likeness (QED) is 0.296. The summed E-state index contributed by atoms with van der Waals surface area (Å²) in [6.45, 7) is 4.13. The molecule has 0 aliphatic carbocycles. The molecule has 0 aliphatic rings. The number of ether oxygens (including phenoxy) is 2. The third-order valence-electron chi connectivity index (χ3n) is 4.77. The van der Waals surface area contributed by atoms with Crippen LogP contribution in [0.15, 0.2) is 49.2 Å². The largest absolute Gasteiger partial charge is 0.493 e. The highest BCUT2D eigenvalue weighted by molar-refractivity contribution is 9.10. The van der Waals surface area contributed by atoms with Gasteiger partial charge in [-0.3, -0.25) is 4.79 Å². The summed E-state index contributed by atoms with van der Waals surface area (Å²) < 4.78 is 14.0. The second-order valence-corrected chi connectivity index (χ2v) is 8.65. The minimum Gasteiger partial charge on any atom is -0.493 e. The van der Waals surface area contributed by atoms with E-state index in [9.17, 15) is 4.79 Å². The summed E-state index contributed by atoms with van der Waals surface area (Å²) in [4.78, 5) is 18.0.